The molecule has 4 rings (SSSR count). The van der Waals surface area contributed by atoms with Gasteiger partial charge in [-0.3, -0.25) is 9.59 Å². The third-order valence-electron chi connectivity index (χ3n) is 6.94. The number of halogens is 1. The van der Waals surface area contributed by atoms with Crippen LogP contribution < -0.4 is 19.5 Å². The van der Waals surface area contributed by atoms with E-state index < -0.39 is 6.04 Å². The smallest absolute Gasteiger partial charge is 0.247 e. The van der Waals surface area contributed by atoms with Crippen LogP contribution >= 0.6 is 11.6 Å². The second kappa shape index (κ2) is 14.9. The molecule has 42 heavy (non-hydrogen) atoms. The third kappa shape index (κ3) is 8.04. The van der Waals surface area contributed by atoms with Crippen LogP contribution in [0.25, 0.3) is 0 Å². The van der Waals surface area contributed by atoms with Gasteiger partial charge < -0.3 is 24.4 Å². The van der Waals surface area contributed by atoms with E-state index in [-0.39, 0.29) is 24.8 Å². The van der Waals surface area contributed by atoms with E-state index in [0.717, 1.165) is 22.3 Å². The lowest BCUT2D eigenvalue weighted by Crippen LogP contribution is -2.44. The fourth-order valence-corrected chi connectivity index (χ4v) is 4.83. The van der Waals surface area contributed by atoms with Crippen LogP contribution in [0.4, 0.5) is 0 Å². The predicted octanol–water partition coefficient (Wildman–Crippen LogP) is 6.04. The molecule has 0 radical (unpaired) electrons. The van der Waals surface area contributed by atoms with Crippen molar-refractivity contribution in [1.82, 2.24) is 10.2 Å². The number of carbonyl (C=O) groups is 2. The molecule has 0 unspecified atom stereocenters. The van der Waals surface area contributed by atoms with Gasteiger partial charge in [-0.15, -0.1) is 0 Å². The van der Waals surface area contributed by atoms with Crippen LogP contribution in [-0.2, 0) is 29.0 Å². The molecule has 0 aliphatic heterocycles. The Kier molecular flexibility index (Phi) is 10.8. The molecule has 0 saturated heterocycles. The average Bonchev–Trinajstić information content (AvgIpc) is 3.02. The fourth-order valence-electron chi connectivity index (χ4n) is 4.70. The summed E-state index contributed by atoms with van der Waals surface area (Å²) in [6, 6.07) is 28.9. The number of rotatable bonds is 13. The third-order valence-corrected chi connectivity index (χ3v) is 7.19. The summed E-state index contributed by atoms with van der Waals surface area (Å²) < 4.78 is 16.0. The van der Waals surface area contributed by atoms with E-state index in [9.17, 15) is 9.59 Å². The molecular formula is C34H35ClN2O5. The standard InChI is InChI=1S/C34H35ClN2O5/c1-40-29-16-11-26(12-17-29)23-37(32(38)22-24-9-14-28(35)15-10-24)33(27-7-5-4-6-8-27)34(39)36-20-19-25-13-18-30(41-2)31(21-25)42-3/h4-18,21,33H,19-20,22-23H2,1-3H3,(H,36,39)/t33-/m0/s1. The maximum Gasteiger partial charge on any atom is 0.247 e. The Hall–Kier alpha value is -4.49. The second-order valence-corrected chi connectivity index (χ2v) is 10.2. The van der Waals surface area contributed by atoms with Gasteiger partial charge in [0, 0.05) is 18.1 Å². The van der Waals surface area contributed by atoms with Crippen LogP contribution in [0.5, 0.6) is 17.2 Å². The Morgan fingerprint density at radius 3 is 2.05 bits per heavy atom. The first kappa shape index (κ1) is 30.5. The van der Waals surface area contributed by atoms with E-state index in [1.54, 1.807) is 38.4 Å². The highest BCUT2D eigenvalue weighted by Crippen LogP contribution is 2.28. The summed E-state index contributed by atoms with van der Waals surface area (Å²) in [5.74, 6) is 1.53. The summed E-state index contributed by atoms with van der Waals surface area (Å²) in [6.07, 6.45) is 0.695. The number of hydrogen-bond donors (Lipinski definition) is 1. The number of amides is 2. The molecule has 1 N–H and O–H groups in total. The summed E-state index contributed by atoms with van der Waals surface area (Å²) in [7, 11) is 4.79. The second-order valence-electron chi connectivity index (χ2n) is 9.72. The van der Waals surface area contributed by atoms with Crippen LogP contribution in [0.3, 0.4) is 0 Å². The molecule has 218 valence electrons. The van der Waals surface area contributed by atoms with Gasteiger partial charge in [-0.2, -0.15) is 0 Å². The molecule has 0 aliphatic rings. The minimum atomic E-state index is -0.849. The zero-order chi connectivity index (χ0) is 29.9. The zero-order valence-electron chi connectivity index (χ0n) is 24.0. The Morgan fingerprint density at radius 1 is 0.762 bits per heavy atom. The molecule has 2 amide bonds. The lowest BCUT2D eigenvalue weighted by atomic mass is 10.0. The molecule has 0 fully saturated rings. The van der Waals surface area contributed by atoms with Gasteiger partial charge in [0.25, 0.3) is 0 Å². The fraction of sp³-hybridized carbons (Fsp3) is 0.235. The topological polar surface area (TPSA) is 77.1 Å². The largest absolute Gasteiger partial charge is 0.497 e. The van der Waals surface area contributed by atoms with Crippen LogP contribution in [0.1, 0.15) is 28.3 Å². The number of nitrogens with zero attached hydrogens (tertiary/aromatic N) is 1. The van der Waals surface area contributed by atoms with E-state index in [1.807, 2.05) is 84.9 Å². The van der Waals surface area contributed by atoms with Crippen molar-refractivity contribution in [2.45, 2.75) is 25.4 Å². The van der Waals surface area contributed by atoms with Crippen molar-refractivity contribution in [3.8, 4) is 17.2 Å². The average molecular weight is 587 g/mol. The first-order valence-corrected chi connectivity index (χ1v) is 14.0. The minimum absolute atomic E-state index is 0.121. The van der Waals surface area contributed by atoms with Crippen molar-refractivity contribution in [2.75, 3.05) is 27.9 Å². The lowest BCUT2D eigenvalue weighted by Gasteiger charge is -2.32. The van der Waals surface area contributed by atoms with Gasteiger partial charge in [0.2, 0.25) is 11.8 Å². The van der Waals surface area contributed by atoms with E-state index in [1.165, 1.54) is 0 Å². The first-order chi connectivity index (χ1) is 20.4. The van der Waals surface area contributed by atoms with Crippen molar-refractivity contribution in [3.05, 3.63) is 124 Å². The molecule has 0 aliphatic carbocycles. The van der Waals surface area contributed by atoms with E-state index >= 15 is 0 Å². The van der Waals surface area contributed by atoms with Gasteiger partial charge in [-0.25, -0.2) is 0 Å². The predicted molar refractivity (Wildman–Crippen MR) is 164 cm³/mol. The summed E-state index contributed by atoms with van der Waals surface area (Å²) in [6.45, 7) is 0.610. The number of benzene rings is 4. The monoisotopic (exact) mass is 586 g/mol. The van der Waals surface area contributed by atoms with Crippen LogP contribution in [0, 0.1) is 0 Å². The Morgan fingerprint density at radius 2 is 1.40 bits per heavy atom. The van der Waals surface area contributed by atoms with Gasteiger partial charge in [0.05, 0.1) is 27.8 Å². The van der Waals surface area contributed by atoms with Gasteiger partial charge in [0.15, 0.2) is 11.5 Å². The van der Waals surface area contributed by atoms with E-state index in [2.05, 4.69) is 5.32 Å². The van der Waals surface area contributed by atoms with Gasteiger partial charge in [-0.1, -0.05) is 72.3 Å². The highest BCUT2D eigenvalue weighted by Gasteiger charge is 2.31. The molecule has 4 aromatic carbocycles. The van der Waals surface area contributed by atoms with E-state index in [4.69, 9.17) is 25.8 Å². The zero-order valence-corrected chi connectivity index (χ0v) is 24.8. The minimum Gasteiger partial charge on any atom is -0.497 e. The lowest BCUT2D eigenvalue weighted by molar-refractivity contribution is -0.141. The molecule has 7 nitrogen and oxygen atoms in total. The maximum atomic E-state index is 13.9. The molecule has 4 aromatic rings. The molecule has 0 aromatic heterocycles. The van der Waals surface area contributed by atoms with Crippen molar-refractivity contribution in [2.24, 2.45) is 0 Å². The molecule has 1 atom stereocenters. The Labute approximate surface area is 252 Å². The molecular weight excluding hydrogens is 552 g/mol. The molecule has 0 heterocycles. The SMILES string of the molecule is COc1ccc(CN(C(=O)Cc2ccc(Cl)cc2)[C@H](C(=O)NCCc2ccc(OC)c(OC)c2)c2ccccc2)cc1. The van der Waals surface area contributed by atoms with Crippen molar-refractivity contribution in [3.63, 3.8) is 0 Å². The quantitative estimate of drug-likeness (QED) is 0.207. The number of ether oxygens (including phenoxy) is 3. The summed E-state index contributed by atoms with van der Waals surface area (Å²) in [5, 5.41) is 3.66. The first-order valence-electron chi connectivity index (χ1n) is 13.6. The molecule has 0 spiro atoms. The highest BCUT2D eigenvalue weighted by molar-refractivity contribution is 6.30. The van der Waals surface area contributed by atoms with Crippen LogP contribution in [0.2, 0.25) is 5.02 Å². The van der Waals surface area contributed by atoms with Crippen molar-refractivity contribution < 1.29 is 23.8 Å². The number of methoxy groups -OCH3 is 3. The van der Waals surface area contributed by atoms with Crippen molar-refractivity contribution in [1.29, 1.82) is 0 Å². The number of carbonyl (C=O) groups excluding carboxylic acids is 2. The van der Waals surface area contributed by atoms with Gasteiger partial charge in [-0.05, 0) is 65.1 Å². The summed E-state index contributed by atoms with van der Waals surface area (Å²) in [4.78, 5) is 29.5. The number of nitrogens with one attached hydrogen (secondary N) is 1. The molecule has 0 saturated carbocycles. The van der Waals surface area contributed by atoms with E-state index in [0.29, 0.717) is 35.2 Å². The Balaban J connectivity index is 1.60. The van der Waals surface area contributed by atoms with Crippen molar-refractivity contribution >= 4 is 23.4 Å². The molecule has 0 bridgehead atoms. The van der Waals surface area contributed by atoms with Gasteiger partial charge >= 0.3 is 0 Å². The Bertz CT molecular complexity index is 1460. The highest BCUT2D eigenvalue weighted by atomic mass is 35.5. The van der Waals surface area contributed by atoms with Gasteiger partial charge in [0.1, 0.15) is 11.8 Å². The normalized spacial score (nSPS) is 11.3. The van der Waals surface area contributed by atoms with Crippen LogP contribution in [0.15, 0.2) is 97.1 Å². The summed E-state index contributed by atoms with van der Waals surface area (Å²) in [5.41, 5.74) is 3.39. The number of hydrogen-bond acceptors (Lipinski definition) is 5. The summed E-state index contributed by atoms with van der Waals surface area (Å²) >= 11 is 6.07. The maximum absolute atomic E-state index is 13.9. The van der Waals surface area contributed by atoms with Crippen LogP contribution in [-0.4, -0.2) is 44.6 Å². The molecule has 8 heteroatoms.